The SMILES string of the molecule is CN1CCC(Nc2nc3ccccc3[nH]2)CC1.O.O.O. The number of aromatic amines is 1. The Morgan fingerprint density at radius 2 is 1.80 bits per heavy atom. The lowest BCUT2D eigenvalue weighted by Gasteiger charge is -2.29. The number of rotatable bonds is 2. The Hall–Kier alpha value is -1.67. The lowest BCUT2D eigenvalue weighted by atomic mass is 10.1. The van der Waals surface area contributed by atoms with Crippen molar-refractivity contribution in [1.82, 2.24) is 14.9 Å². The maximum absolute atomic E-state index is 4.55. The molecule has 1 aromatic heterocycles. The lowest BCUT2D eigenvalue weighted by Crippen LogP contribution is -2.36. The predicted molar refractivity (Wildman–Crippen MR) is 81.1 cm³/mol. The third-order valence-electron chi connectivity index (χ3n) is 3.45. The number of likely N-dealkylation sites (tertiary alicyclic amines) is 1. The van der Waals surface area contributed by atoms with Gasteiger partial charge in [-0.05, 0) is 45.1 Å². The van der Waals surface area contributed by atoms with E-state index in [2.05, 4.69) is 33.3 Å². The number of imidazole rings is 1. The van der Waals surface area contributed by atoms with Crippen molar-refractivity contribution >= 4 is 17.0 Å². The third-order valence-corrected chi connectivity index (χ3v) is 3.45. The van der Waals surface area contributed by atoms with E-state index < -0.39 is 0 Å². The van der Waals surface area contributed by atoms with Crippen LogP contribution in [0.5, 0.6) is 0 Å². The smallest absolute Gasteiger partial charge is 0.201 e. The largest absolute Gasteiger partial charge is 0.412 e. The van der Waals surface area contributed by atoms with Crippen LogP contribution in [0, 0.1) is 0 Å². The van der Waals surface area contributed by atoms with E-state index in [1.807, 2.05) is 18.2 Å². The monoisotopic (exact) mass is 284 g/mol. The molecule has 7 nitrogen and oxygen atoms in total. The number of nitrogens with one attached hydrogen (secondary N) is 2. The number of aromatic nitrogens is 2. The van der Waals surface area contributed by atoms with Crippen LogP contribution in [0.25, 0.3) is 11.0 Å². The van der Waals surface area contributed by atoms with Crippen LogP contribution in [0.1, 0.15) is 12.8 Å². The highest BCUT2D eigenvalue weighted by atomic mass is 16.0. The molecule has 1 aliphatic rings. The fourth-order valence-electron chi connectivity index (χ4n) is 2.37. The van der Waals surface area contributed by atoms with Crippen LogP contribution in [-0.2, 0) is 0 Å². The van der Waals surface area contributed by atoms with Crippen LogP contribution in [0.3, 0.4) is 0 Å². The number of nitrogens with zero attached hydrogens (tertiary/aromatic N) is 2. The number of piperidine rings is 1. The van der Waals surface area contributed by atoms with Crippen molar-refractivity contribution in [3.05, 3.63) is 24.3 Å². The standard InChI is InChI=1S/C13H18N4.3H2O/c1-17-8-6-10(7-9-17)14-13-15-11-4-2-3-5-12(11)16-13;;;/h2-5,10H,6-9H2,1H3,(H2,14,15,16);3*1H2. The fourth-order valence-corrected chi connectivity index (χ4v) is 2.37. The zero-order chi connectivity index (χ0) is 11.7. The zero-order valence-electron chi connectivity index (χ0n) is 11.6. The average molecular weight is 284 g/mol. The van der Waals surface area contributed by atoms with E-state index in [4.69, 9.17) is 0 Å². The van der Waals surface area contributed by atoms with Gasteiger partial charge in [-0.2, -0.15) is 0 Å². The molecule has 1 aromatic carbocycles. The predicted octanol–water partition coefficient (Wildman–Crippen LogP) is -0.405. The molecule has 0 radical (unpaired) electrons. The molecule has 8 N–H and O–H groups in total. The fraction of sp³-hybridized carbons (Fsp3) is 0.462. The van der Waals surface area contributed by atoms with Crippen molar-refractivity contribution in [3.63, 3.8) is 0 Å². The van der Waals surface area contributed by atoms with E-state index in [1.165, 1.54) is 12.8 Å². The average Bonchev–Trinajstić information content (AvgIpc) is 2.74. The van der Waals surface area contributed by atoms with Gasteiger partial charge in [-0.25, -0.2) is 4.98 Å². The number of H-pyrrole nitrogens is 1. The minimum atomic E-state index is 0. The number of hydrogen-bond donors (Lipinski definition) is 2. The molecule has 2 heterocycles. The van der Waals surface area contributed by atoms with E-state index in [0.29, 0.717) is 6.04 Å². The molecule has 0 saturated carbocycles. The number of para-hydroxylation sites is 2. The Morgan fingerprint density at radius 3 is 2.45 bits per heavy atom. The Bertz CT molecular complexity index is 476. The highest BCUT2D eigenvalue weighted by Gasteiger charge is 2.17. The van der Waals surface area contributed by atoms with Crippen molar-refractivity contribution in [2.75, 3.05) is 25.5 Å². The van der Waals surface area contributed by atoms with Crippen molar-refractivity contribution in [2.24, 2.45) is 0 Å². The summed E-state index contributed by atoms with van der Waals surface area (Å²) < 4.78 is 0. The van der Waals surface area contributed by atoms with Crippen LogP contribution in [-0.4, -0.2) is 57.5 Å². The van der Waals surface area contributed by atoms with E-state index >= 15 is 0 Å². The Kier molecular flexibility index (Phi) is 7.16. The molecule has 0 amide bonds. The molecule has 0 unspecified atom stereocenters. The maximum Gasteiger partial charge on any atom is 0.201 e. The molecule has 1 aliphatic heterocycles. The Balaban J connectivity index is 0.00000120. The summed E-state index contributed by atoms with van der Waals surface area (Å²) in [6.07, 6.45) is 2.38. The van der Waals surface area contributed by atoms with Gasteiger partial charge in [0.2, 0.25) is 5.95 Å². The van der Waals surface area contributed by atoms with Crippen molar-refractivity contribution in [3.8, 4) is 0 Å². The molecule has 0 bridgehead atoms. The van der Waals surface area contributed by atoms with Gasteiger partial charge in [0, 0.05) is 6.04 Å². The van der Waals surface area contributed by atoms with Crippen LogP contribution < -0.4 is 5.32 Å². The number of fused-ring (bicyclic) bond motifs is 1. The minimum absolute atomic E-state index is 0. The summed E-state index contributed by atoms with van der Waals surface area (Å²) in [4.78, 5) is 10.2. The molecule has 0 atom stereocenters. The summed E-state index contributed by atoms with van der Waals surface area (Å²) in [6, 6.07) is 8.68. The highest BCUT2D eigenvalue weighted by Crippen LogP contribution is 2.17. The molecule has 2 aromatic rings. The van der Waals surface area contributed by atoms with Crippen molar-refractivity contribution < 1.29 is 16.4 Å². The zero-order valence-corrected chi connectivity index (χ0v) is 11.6. The lowest BCUT2D eigenvalue weighted by molar-refractivity contribution is 0.263. The van der Waals surface area contributed by atoms with E-state index in [-0.39, 0.29) is 16.4 Å². The topological polar surface area (TPSA) is 138 Å². The number of hydrogen-bond acceptors (Lipinski definition) is 3. The van der Waals surface area contributed by atoms with Crippen molar-refractivity contribution in [2.45, 2.75) is 18.9 Å². The molecule has 1 fully saturated rings. The normalized spacial score (nSPS) is 15.8. The Labute approximate surface area is 117 Å². The second-order valence-electron chi connectivity index (χ2n) is 4.82. The van der Waals surface area contributed by atoms with Crippen LogP contribution in [0.2, 0.25) is 0 Å². The van der Waals surface area contributed by atoms with Gasteiger partial charge < -0.3 is 31.6 Å². The Morgan fingerprint density at radius 1 is 1.15 bits per heavy atom. The third kappa shape index (κ3) is 3.91. The van der Waals surface area contributed by atoms with Gasteiger partial charge in [0.1, 0.15) is 0 Å². The number of anilines is 1. The molecular weight excluding hydrogens is 260 g/mol. The second kappa shape index (κ2) is 7.81. The van der Waals surface area contributed by atoms with Gasteiger partial charge in [-0.15, -0.1) is 0 Å². The van der Waals surface area contributed by atoms with E-state index in [0.717, 1.165) is 30.1 Å². The first-order valence-corrected chi connectivity index (χ1v) is 6.21. The molecular formula is C13H24N4O3. The van der Waals surface area contributed by atoms with Crippen LogP contribution in [0.15, 0.2) is 24.3 Å². The summed E-state index contributed by atoms with van der Waals surface area (Å²) in [6.45, 7) is 2.33. The molecule has 7 heteroatoms. The molecule has 114 valence electrons. The first kappa shape index (κ1) is 18.3. The van der Waals surface area contributed by atoms with Crippen molar-refractivity contribution in [1.29, 1.82) is 0 Å². The van der Waals surface area contributed by atoms with Gasteiger partial charge in [-0.3, -0.25) is 0 Å². The summed E-state index contributed by atoms with van der Waals surface area (Å²) in [5.74, 6) is 0.903. The van der Waals surface area contributed by atoms with Gasteiger partial charge >= 0.3 is 0 Å². The molecule has 20 heavy (non-hydrogen) atoms. The van der Waals surface area contributed by atoms with Gasteiger partial charge in [0.05, 0.1) is 11.0 Å². The summed E-state index contributed by atoms with van der Waals surface area (Å²) >= 11 is 0. The first-order valence-electron chi connectivity index (χ1n) is 6.21. The van der Waals surface area contributed by atoms with E-state index in [1.54, 1.807) is 0 Å². The summed E-state index contributed by atoms with van der Waals surface area (Å²) in [5.41, 5.74) is 2.13. The molecule has 3 rings (SSSR count). The highest BCUT2D eigenvalue weighted by molar-refractivity contribution is 5.77. The van der Waals surface area contributed by atoms with Gasteiger partial charge in [0.25, 0.3) is 0 Å². The van der Waals surface area contributed by atoms with Crippen LogP contribution >= 0.6 is 0 Å². The van der Waals surface area contributed by atoms with Gasteiger partial charge in [0.15, 0.2) is 0 Å². The molecule has 1 saturated heterocycles. The van der Waals surface area contributed by atoms with Crippen LogP contribution in [0.4, 0.5) is 5.95 Å². The molecule has 0 spiro atoms. The first-order chi connectivity index (χ1) is 8.31. The quantitative estimate of drug-likeness (QED) is 0.775. The minimum Gasteiger partial charge on any atom is -0.412 e. The molecule has 0 aliphatic carbocycles. The van der Waals surface area contributed by atoms with Gasteiger partial charge in [-0.1, -0.05) is 12.1 Å². The maximum atomic E-state index is 4.55. The number of benzene rings is 1. The summed E-state index contributed by atoms with van der Waals surface area (Å²) in [5, 5.41) is 3.50. The summed E-state index contributed by atoms with van der Waals surface area (Å²) in [7, 11) is 2.18. The van der Waals surface area contributed by atoms with E-state index in [9.17, 15) is 0 Å². The second-order valence-corrected chi connectivity index (χ2v) is 4.82.